The summed E-state index contributed by atoms with van der Waals surface area (Å²) in [7, 11) is 0. The Hall–Kier alpha value is -1.52. The van der Waals surface area contributed by atoms with Crippen molar-refractivity contribution >= 4 is 39.1 Å². The standard InChI is InChI=1S/C16H15BrClNO2/c1-10-3-8-15(14(17)9-10)19-16(20)11(2)21-13-6-4-12(18)5-7-13/h3-9,11H,1-2H3,(H,19,20). The predicted molar refractivity (Wildman–Crippen MR) is 89.1 cm³/mol. The van der Waals surface area contributed by atoms with Gasteiger partial charge in [0, 0.05) is 9.50 Å². The molecule has 1 amide bonds. The molecule has 0 spiro atoms. The summed E-state index contributed by atoms with van der Waals surface area (Å²) in [4.78, 5) is 12.1. The molecule has 0 radical (unpaired) electrons. The van der Waals surface area contributed by atoms with Gasteiger partial charge in [0.2, 0.25) is 0 Å². The fraction of sp³-hybridized carbons (Fsp3) is 0.188. The predicted octanol–water partition coefficient (Wildman–Crippen LogP) is 4.82. The maximum Gasteiger partial charge on any atom is 0.265 e. The number of carbonyl (C=O) groups excluding carboxylic acids is 1. The van der Waals surface area contributed by atoms with E-state index in [1.807, 2.05) is 25.1 Å². The lowest BCUT2D eigenvalue weighted by atomic mass is 10.2. The fourth-order valence-corrected chi connectivity index (χ4v) is 2.45. The van der Waals surface area contributed by atoms with E-state index in [-0.39, 0.29) is 5.91 Å². The summed E-state index contributed by atoms with van der Waals surface area (Å²) in [5.74, 6) is 0.388. The van der Waals surface area contributed by atoms with Crippen molar-refractivity contribution in [2.75, 3.05) is 5.32 Å². The van der Waals surface area contributed by atoms with E-state index in [2.05, 4.69) is 21.2 Å². The minimum absolute atomic E-state index is 0.213. The first-order valence-electron chi connectivity index (χ1n) is 6.45. The van der Waals surface area contributed by atoms with E-state index >= 15 is 0 Å². The number of aryl methyl sites for hydroxylation is 1. The van der Waals surface area contributed by atoms with Crippen molar-refractivity contribution in [3.63, 3.8) is 0 Å². The van der Waals surface area contributed by atoms with Gasteiger partial charge in [0.15, 0.2) is 6.10 Å². The smallest absolute Gasteiger partial charge is 0.265 e. The molecule has 0 saturated heterocycles. The Kier molecular flexibility index (Phi) is 5.26. The van der Waals surface area contributed by atoms with Crippen LogP contribution in [0.2, 0.25) is 5.02 Å². The number of hydrogen-bond donors (Lipinski definition) is 1. The third-order valence-corrected chi connectivity index (χ3v) is 3.79. The van der Waals surface area contributed by atoms with E-state index in [9.17, 15) is 4.79 Å². The van der Waals surface area contributed by atoms with E-state index < -0.39 is 6.10 Å². The van der Waals surface area contributed by atoms with Crippen molar-refractivity contribution in [1.82, 2.24) is 0 Å². The van der Waals surface area contributed by atoms with E-state index in [1.54, 1.807) is 31.2 Å². The highest BCUT2D eigenvalue weighted by atomic mass is 79.9. The highest BCUT2D eigenvalue weighted by molar-refractivity contribution is 9.10. The van der Waals surface area contributed by atoms with Gasteiger partial charge in [-0.3, -0.25) is 4.79 Å². The van der Waals surface area contributed by atoms with Crippen molar-refractivity contribution in [2.45, 2.75) is 20.0 Å². The Bertz CT molecular complexity index is 643. The van der Waals surface area contributed by atoms with Crippen molar-refractivity contribution < 1.29 is 9.53 Å². The van der Waals surface area contributed by atoms with Gasteiger partial charge in [-0.05, 0) is 71.7 Å². The number of hydrogen-bond acceptors (Lipinski definition) is 2. The van der Waals surface area contributed by atoms with Crippen LogP contribution in [0.3, 0.4) is 0 Å². The second-order valence-electron chi connectivity index (χ2n) is 4.69. The molecule has 1 atom stereocenters. The molecular weight excluding hydrogens is 354 g/mol. The Morgan fingerprint density at radius 1 is 1.24 bits per heavy atom. The van der Waals surface area contributed by atoms with Crippen LogP contribution in [0.4, 0.5) is 5.69 Å². The SMILES string of the molecule is Cc1ccc(NC(=O)C(C)Oc2ccc(Cl)cc2)c(Br)c1. The monoisotopic (exact) mass is 367 g/mol. The van der Waals surface area contributed by atoms with Crippen LogP contribution in [0.15, 0.2) is 46.9 Å². The molecule has 2 aromatic rings. The molecule has 1 unspecified atom stereocenters. The van der Waals surface area contributed by atoms with Crippen LogP contribution in [0.1, 0.15) is 12.5 Å². The molecule has 110 valence electrons. The number of amides is 1. The van der Waals surface area contributed by atoms with Gasteiger partial charge < -0.3 is 10.1 Å². The highest BCUT2D eigenvalue weighted by Gasteiger charge is 2.16. The van der Waals surface area contributed by atoms with Crippen molar-refractivity contribution in [2.24, 2.45) is 0 Å². The highest BCUT2D eigenvalue weighted by Crippen LogP contribution is 2.24. The summed E-state index contributed by atoms with van der Waals surface area (Å²) in [6.07, 6.45) is -0.612. The third-order valence-electron chi connectivity index (χ3n) is 2.88. The molecule has 0 aliphatic heterocycles. The summed E-state index contributed by atoms with van der Waals surface area (Å²) in [6.45, 7) is 3.69. The van der Waals surface area contributed by atoms with Crippen LogP contribution >= 0.6 is 27.5 Å². The number of halogens is 2. The molecule has 0 saturated carbocycles. The minimum Gasteiger partial charge on any atom is -0.481 e. The van der Waals surface area contributed by atoms with E-state index in [4.69, 9.17) is 16.3 Å². The van der Waals surface area contributed by atoms with E-state index in [1.165, 1.54) is 0 Å². The summed E-state index contributed by atoms with van der Waals surface area (Å²) >= 11 is 9.24. The molecule has 0 aliphatic carbocycles. The van der Waals surface area contributed by atoms with Crippen LogP contribution < -0.4 is 10.1 Å². The molecule has 0 aliphatic rings. The Balaban J connectivity index is 2.00. The zero-order chi connectivity index (χ0) is 15.4. The zero-order valence-electron chi connectivity index (χ0n) is 11.7. The van der Waals surface area contributed by atoms with Gasteiger partial charge in [-0.25, -0.2) is 0 Å². The average Bonchev–Trinajstić information content (AvgIpc) is 2.44. The van der Waals surface area contributed by atoms with Gasteiger partial charge in [-0.15, -0.1) is 0 Å². The number of ether oxygens (including phenoxy) is 1. The normalized spacial score (nSPS) is 11.8. The van der Waals surface area contributed by atoms with Crippen molar-refractivity contribution in [1.29, 1.82) is 0 Å². The number of carbonyl (C=O) groups is 1. The second kappa shape index (κ2) is 6.96. The summed E-state index contributed by atoms with van der Waals surface area (Å²) in [5, 5.41) is 3.46. The van der Waals surface area contributed by atoms with Crippen LogP contribution in [0.25, 0.3) is 0 Å². The largest absolute Gasteiger partial charge is 0.481 e. The lowest BCUT2D eigenvalue weighted by Gasteiger charge is -2.15. The first-order valence-corrected chi connectivity index (χ1v) is 7.62. The Labute approximate surface area is 137 Å². The molecule has 0 fully saturated rings. The quantitative estimate of drug-likeness (QED) is 0.840. The summed E-state index contributed by atoms with van der Waals surface area (Å²) < 4.78 is 6.42. The molecule has 1 N–H and O–H groups in total. The van der Waals surface area contributed by atoms with Gasteiger partial charge in [0.1, 0.15) is 5.75 Å². The first-order chi connectivity index (χ1) is 9.95. The summed E-state index contributed by atoms with van der Waals surface area (Å²) in [6, 6.07) is 12.6. The number of nitrogens with one attached hydrogen (secondary N) is 1. The molecular formula is C16H15BrClNO2. The van der Waals surface area contributed by atoms with Gasteiger partial charge in [0.05, 0.1) is 5.69 Å². The summed E-state index contributed by atoms with van der Waals surface area (Å²) in [5.41, 5.74) is 1.84. The van der Waals surface area contributed by atoms with Crippen LogP contribution in [-0.2, 0) is 4.79 Å². The van der Waals surface area contributed by atoms with Crippen LogP contribution in [0.5, 0.6) is 5.75 Å². The van der Waals surface area contributed by atoms with Gasteiger partial charge in [-0.2, -0.15) is 0 Å². The van der Waals surface area contributed by atoms with Crippen LogP contribution in [-0.4, -0.2) is 12.0 Å². The van der Waals surface area contributed by atoms with Crippen molar-refractivity contribution in [3.05, 3.63) is 57.5 Å². The van der Waals surface area contributed by atoms with E-state index in [0.29, 0.717) is 10.8 Å². The Morgan fingerprint density at radius 2 is 1.90 bits per heavy atom. The zero-order valence-corrected chi connectivity index (χ0v) is 14.0. The van der Waals surface area contributed by atoms with Gasteiger partial charge in [-0.1, -0.05) is 17.7 Å². The third kappa shape index (κ3) is 4.48. The molecule has 2 rings (SSSR count). The average molecular weight is 369 g/mol. The number of benzene rings is 2. The molecule has 0 aromatic heterocycles. The van der Waals surface area contributed by atoms with Gasteiger partial charge in [0.25, 0.3) is 5.91 Å². The molecule has 5 heteroatoms. The topological polar surface area (TPSA) is 38.3 Å². The molecule has 0 heterocycles. The lowest BCUT2D eigenvalue weighted by molar-refractivity contribution is -0.122. The molecule has 3 nitrogen and oxygen atoms in total. The minimum atomic E-state index is -0.612. The van der Waals surface area contributed by atoms with E-state index in [0.717, 1.165) is 15.7 Å². The molecule has 2 aromatic carbocycles. The number of anilines is 1. The molecule has 21 heavy (non-hydrogen) atoms. The Morgan fingerprint density at radius 3 is 2.52 bits per heavy atom. The van der Waals surface area contributed by atoms with Crippen LogP contribution in [0, 0.1) is 6.92 Å². The lowest BCUT2D eigenvalue weighted by Crippen LogP contribution is -2.30. The van der Waals surface area contributed by atoms with Crippen molar-refractivity contribution in [3.8, 4) is 5.75 Å². The van der Waals surface area contributed by atoms with Gasteiger partial charge >= 0.3 is 0 Å². The first kappa shape index (κ1) is 15.9. The number of rotatable bonds is 4. The maximum absolute atomic E-state index is 12.1. The second-order valence-corrected chi connectivity index (χ2v) is 5.98. The maximum atomic E-state index is 12.1. The fourth-order valence-electron chi connectivity index (χ4n) is 1.73. The molecule has 0 bridgehead atoms.